The molecule has 1 aliphatic rings. The lowest BCUT2D eigenvalue weighted by atomic mass is 10.0. The normalized spacial score (nSPS) is 12.9. The molecule has 32 heavy (non-hydrogen) atoms. The second-order valence-corrected chi connectivity index (χ2v) is 8.32. The molecule has 2 heterocycles. The highest BCUT2D eigenvalue weighted by Crippen LogP contribution is 2.33. The van der Waals surface area contributed by atoms with Gasteiger partial charge in [-0.15, -0.1) is 0 Å². The molecule has 0 atom stereocenters. The number of amides is 1. The van der Waals surface area contributed by atoms with Crippen molar-refractivity contribution in [1.82, 2.24) is 4.98 Å². The van der Waals surface area contributed by atoms with E-state index in [-0.39, 0.29) is 5.91 Å². The third-order valence-corrected chi connectivity index (χ3v) is 5.67. The van der Waals surface area contributed by atoms with E-state index < -0.39 is 0 Å². The Balaban J connectivity index is 1.43. The zero-order valence-corrected chi connectivity index (χ0v) is 18.4. The lowest BCUT2D eigenvalue weighted by molar-refractivity contribution is 0.102. The molecular weight excluding hydrogens is 428 g/mol. The molecule has 1 amide bonds. The quantitative estimate of drug-likeness (QED) is 0.397. The Labute approximate surface area is 190 Å². The molecule has 0 saturated carbocycles. The van der Waals surface area contributed by atoms with Crippen LogP contribution in [0, 0.1) is 0 Å². The number of carbonyl (C=O) groups excluding carboxylic acids is 1. The van der Waals surface area contributed by atoms with Gasteiger partial charge in [-0.25, -0.2) is 4.98 Å². The van der Waals surface area contributed by atoms with E-state index in [1.165, 1.54) is 5.56 Å². The van der Waals surface area contributed by atoms with Crippen LogP contribution in [0.25, 0.3) is 22.6 Å². The van der Waals surface area contributed by atoms with Crippen LogP contribution in [-0.2, 0) is 0 Å². The molecule has 4 aromatic rings. The Hall–Kier alpha value is -3.51. The van der Waals surface area contributed by atoms with Crippen LogP contribution in [0.3, 0.4) is 0 Å². The van der Waals surface area contributed by atoms with Gasteiger partial charge in [-0.2, -0.15) is 0 Å². The average molecular weight is 449 g/mol. The second-order valence-electron chi connectivity index (χ2n) is 7.91. The van der Waals surface area contributed by atoms with Gasteiger partial charge in [0.15, 0.2) is 17.1 Å². The van der Waals surface area contributed by atoms with Crippen LogP contribution in [0.2, 0.25) is 5.02 Å². The molecule has 0 bridgehead atoms. The first kappa shape index (κ1) is 20.4. The molecule has 0 fully saturated rings. The van der Waals surface area contributed by atoms with Crippen molar-refractivity contribution in [3.63, 3.8) is 0 Å². The minimum atomic E-state index is -0.305. The summed E-state index contributed by atoms with van der Waals surface area (Å²) in [7, 11) is 0. The molecule has 1 aromatic heterocycles. The van der Waals surface area contributed by atoms with Crippen molar-refractivity contribution < 1.29 is 18.7 Å². The number of hydrogen-bond donors (Lipinski definition) is 1. The number of benzene rings is 3. The molecule has 162 valence electrons. The first-order valence-electron chi connectivity index (χ1n) is 10.4. The summed E-state index contributed by atoms with van der Waals surface area (Å²) >= 11 is 6.35. The fourth-order valence-corrected chi connectivity index (χ4v) is 3.73. The maximum absolute atomic E-state index is 12.8. The highest BCUT2D eigenvalue weighted by atomic mass is 35.5. The fraction of sp³-hybridized carbons (Fsp3) is 0.200. The van der Waals surface area contributed by atoms with Crippen LogP contribution in [0.15, 0.2) is 59.0 Å². The Morgan fingerprint density at radius 1 is 1.00 bits per heavy atom. The number of nitrogens with one attached hydrogen (secondary N) is 1. The standard InChI is InChI=1S/C25H21ClN2O4/c1-14(2)15-4-7-21-20(11-15)28-25(32-21)17-3-6-18(26)19(12-17)27-24(29)16-5-8-22-23(13-16)31-10-9-30-22/h3-8,11-14H,9-10H2,1-2H3,(H,27,29). The Morgan fingerprint density at radius 3 is 2.62 bits per heavy atom. The van der Waals surface area contributed by atoms with Crippen molar-refractivity contribution in [3.05, 3.63) is 70.7 Å². The topological polar surface area (TPSA) is 73.6 Å². The van der Waals surface area contributed by atoms with Gasteiger partial charge in [0.2, 0.25) is 5.89 Å². The van der Waals surface area contributed by atoms with Crippen LogP contribution in [0.1, 0.15) is 35.7 Å². The number of fused-ring (bicyclic) bond motifs is 2. The maximum Gasteiger partial charge on any atom is 0.255 e. The van der Waals surface area contributed by atoms with Crippen molar-refractivity contribution in [2.75, 3.05) is 18.5 Å². The molecule has 0 unspecified atom stereocenters. The zero-order chi connectivity index (χ0) is 22.2. The van der Waals surface area contributed by atoms with Crippen LogP contribution in [0.5, 0.6) is 11.5 Å². The largest absolute Gasteiger partial charge is 0.486 e. The average Bonchev–Trinajstić information content (AvgIpc) is 3.23. The van der Waals surface area contributed by atoms with Crippen molar-refractivity contribution in [3.8, 4) is 23.0 Å². The molecule has 3 aromatic carbocycles. The van der Waals surface area contributed by atoms with Crippen LogP contribution < -0.4 is 14.8 Å². The molecular formula is C25H21ClN2O4. The van der Waals surface area contributed by atoms with Gasteiger partial charge in [0.25, 0.3) is 5.91 Å². The van der Waals surface area contributed by atoms with E-state index in [1.807, 2.05) is 24.3 Å². The van der Waals surface area contributed by atoms with Crippen LogP contribution in [-0.4, -0.2) is 24.1 Å². The van der Waals surface area contributed by atoms with Gasteiger partial charge >= 0.3 is 0 Å². The van der Waals surface area contributed by atoms with Gasteiger partial charge in [0.1, 0.15) is 18.7 Å². The smallest absolute Gasteiger partial charge is 0.255 e. The SMILES string of the molecule is CC(C)c1ccc2oc(-c3ccc(Cl)c(NC(=O)c4ccc5c(c4)OCCO5)c3)nc2c1. The minimum Gasteiger partial charge on any atom is -0.486 e. The lowest BCUT2D eigenvalue weighted by Crippen LogP contribution is -2.17. The highest BCUT2D eigenvalue weighted by molar-refractivity contribution is 6.34. The maximum atomic E-state index is 12.8. The fourth-order valence-electron chi connectivity index (χ4n) is 3.56. The third-order valence-electron chi connectivity index (χ3n) is 5.34. The summed E-state index contributed by atoms with van der Waals surface area (Å²) in [6.07, 6.45) is 0. The highest BCUT2D eigenvalue weighted by Gasteiger charge is 2.17. The molecule has 0 spiro atoms. The number of nitrogens with zero attached hydrogens (tertiary/aromatic N) is 1. The number of hydrogen-bond acceptors (Lipinski definition) is 5. The molecule has 6 nitrogen and oxygen atoms in total. The number of aromatic nitrogens is 1. The van der Waals surface area contributed by atoms with E-state index >= 15 is 0 Å². The summed E-state index contributed by atoms with van der Waals surface area (Å²) in [4.78, 5) is 17.5. The van der Waals surface area contributed by atoms with Gasteiger partial charge in [0.05, 0.1) is 10.7 Å². The summed E-state index contributed by atoms with van der Waals surface area (Å²) in [5.74, 6) is 1.74. The molecule has 1 aliphatic heterocycles. The number of halogens is 1. The van der Waals surface area contributed by atoms with Gasteiger partial charge in [-0.1, -0.05) is 31.5 Å². The number of oxazole rings is 1. The number of rotatable bonds is 4. The summed E-state index contributed by atoms with van der Waals surface area (Å²) in [6.45, 7) is 5.22. The molecule has 5 rings (SSSR count). The molecule has 0 radical (unpaired) electrons. The first-order valence-corrected chi connectivity index (χ1v) is 10.8. The zero-order valence-electron chi connectivity index (χ0n) is 17.6. The van der Waals surface area contributed by atoms with Gasteiger partial charge in [0, 0.05) is 11.1 Å². The number of ether oxygens (including phenoxy) is 2. The number of carbonyl (C=O) groups is 1. The molecule has 7 heteroatoms. The van der Waals surface area contributed by atoms with E-state index in [2.05, 4.69) is 24.1 Å². The molecule has 0 aliphatic carbocycles. The van der Waals surface area contributed by atoms with E-state index in [9.17, 15) is 4.79 Å². The van der Waals surface area contributed by atoms with E-state index in [1.54, 1.807) is 30.3 Å². The van der Waals surface area contributed by atoms with Crippen LogP contribution in [0.4, 0.5) is 5.69 Å². The van der Waals surface area contributed by atoms with Crippen molar-refractivity contribution in [2.45, 2.75) is 19.8 Å². The summed E-state index contributed by atoms with van der Waals surface area (Å²) < 4.78 is 17.0. The molecule has 0 saturated heterocycles. The number of anilines is 1. The minimum absolute atomic E-state index is 0.305. The van der Waals surface area contributed by atoms with E-state index in [4.69, 9.17) is 25.5 Å². The van der Waals surface area contributed by atoms with E-state index in [0.29, 0.717) is 63.9 Å². The summed E-state index contributed by atoms with van der Waals surface area (Å²) in [6, 6.07) is 16.4. The Morgan fingerprint density at radius 2 is 1.81 bits per heavy atom. The van der Waals surface area contributed by atoms with Crippen molar-refractivity contribution in [1.29, 1.82) is 0 Å². The first-order chi connectivity index (χ1) is 15.5. The van der Waals surface area contributed by atoms with Crippen molar-refractivity contribution in [2.24, 2.45) is 0 Å². The second kappa shape index (κ2) is 8.20. The van der Waals surface area contributed by atoms with E-state index in [0.717, 1.165) is 5.52 Å². The summed E-state index contributed by atoms with van der Waals surface area (Å²) in [5.41, 5.74) is 4.33. The van der Waals surface area contributed by atoms with Gasteiger partial charge < -0.3 is 19.2 Å². The van der Waals surface area contributed by atoms with Crippen LogP contribution >= 0.6 is 11.6 Å². The Bertz CT molecular complexity index is 1330. The summed E-state index contributed by atoms with van der Waals surface area (Å²) in [5, 5.41) is 3.28. The molecule has 1 N–H and O–H groups in total. The lowest BCUT2D eigenvalue weighted by Gasteiger charge is -2.18. The van der Waals surface area contributed by atoms with Gasteiger partial charge in [-0.3, -0.25) is 4.79 Å². The predicted molar refractivity (Wildman–Crippen MR) is 124 cm³/mol. The van der Waals surface area contributed by atoms with Gasteiger partial charge in [-0.05, 0) is 60.0 Å². The predicted octanol–water partition coefficient (Wildman–Crippen LogP) is 6.30. The third kappa shape index (κ3) is 3.89. The Kier molecular flexibility index (Phi) is 5.23. The monoisotopic (exact) mass is 448 g/mol. The van der Waals surface area contributed by atoms with Crippen molar-refractivity contribution >= 4 is 34.3 Å².